The number of aliphatic hydroxyl groups excluding tert-OH is 1. The third-order valence-corrected chi connectivity index (χ3v) is 7.50. The summed E-state index contributed by atoms with van der Waals surface area (Å²) in [5.74, 6) is 0.155. The van der Waals surface area contributed by atoms with Gasteiger partial charge < -0.3 is 35.2 Å². The summed E-state index contributed by atoms with van der Waals surface area (Å²) in [6, 6.07) is 12.6. The summed E-state index contributed by atoms with van der Waals surface area (Å²) in [4.78, 5) is 16.6. The highest BCUT2D eigenvalue weighted by Gasteiger charge is 2.44. The van der Waals surface area contributed by atoms with Crippen molar-refractivity contribution >= 4 is 6.03 Å². The number of nitrogens with zero attached hydrogens (tertiary/aromatic N) is 2. The predicted octanol–water partition coefficient (Wildman–Crippen LogP) is 3.46. The summed E-state index contributed by atoms with van der Waals surface area (Å²) in [5, 5.41) is 22.4. The Hall–Kier alpha value is -2.72. The molecule has 2 aliphatic rings. The number of carbonyl (C=O) groups is 1. The van der Waals surface area contributed by atoms with Crippen molar-refractivity contribution in [2.75, 3.05) is 39.9 Å². The molecule has 2 saturated heterocycles. The molecule has 2 aromatic carbocycles. The van der Waals surface area contributed by atoms with Crippen molar-refractivity contribution in [2.45, 2.75) is 49.9 Å². The first kappa shape index (κ1) is 27.3. The number of nitrogens with two attached hydrogens (primary N) is 1. The average Bonchev–Trinajstić information content (AvgIpc) is 3.24. The van der Waals surface area contributed by atoms with Gasteiger partial charge in [-0.05, 0) is 50.3 Å². The van der Waals surface area contributed by atoms with E-state index < -0.39 is 23.6 Å². The molecule has 4 unspecified atom stereocenters. The van der Waals surface area contributed by atoms with Crippen LogP contribution in [0, 0.1) is 11.7 Å². The van der Waals surface area contributed by atoms with Crippen LogP contribution in [0.3, 0.4) is 0 Å². The lowest BCUT2D eigenvalue weighted by molar-refractivity contribution is -0.0587. The maximum atomic E-state index is 13.8. The third-order valence-electron chi connectivity index (χ3n) is 7.50. The Labute approximate surface area is 217 Å². The molecule has 0 radical (unpaired) electrons. The lowest BCUT2D eigenvalue weighted by Crippen LogP contribution is -2.51. The number of β-amino-alcohol motifs (C(OH)–C–C–N with tert-alkyl or cyclic N) is 1. The lowest BCUT2D eigenvalue weighted by atomic mass is 9.73. The second-order valence-electron chi connectivity index (χ2n) is 10.1. The minimum Gasteiger partial charge on any atom is -0.457 e. The van der Waals surface area contributed by atoms with Crippen molar-refractivity contribution < 1.29 is 28.9 Å². The first-order valence-electron chi connectivity index (χ1n) is 13.0. The number of hydrogen-bond donors (Lipinski definition) is 3. The number of benzene rings is 2. The number of rotatable bonds is 9. The molecule has 0 bridgehead atoms. The summed E-state index contributed by atoms with van der Waals surface area (Å²) >= 11 is 0. The van der Waals surface area contributed by atoms with E-state index in [1.54, 1.807) is 35.1 Å². The zero-order chi connectivity index (χ0) is 26.4. The number of halogens is 1. The zero-order valence-electron chi connectivity index (χ0n) is 21.4. The summed E-state index contributed by atoms with van der Waals surface area (Å²) in [5.41, 5.74) is 5.27. The highest BCUT2D eigenvalue weighted by atomic mass is 19.1. The smallest absolute Gasteiger partial charge is 0.320 e. The summed E-state index contributed by atoms with van der Waals surface area (Å²) in [7, 11) is 1.65. The number of likely N-dealkylation sites (tertiary alicyclic amines) is 2. The Morgan fingerprint density at radius 3 is 2.68 bits per heavy atom. The van der Waals surface area contributed by atoms with Gasteiger partial charge in [-0.2, -0.15) is 0 Å². The molecule has 4 atom stereocenters. The van der Waals surface area contributed by atoms with Crippen LogP contribution in [0.15, 0.2) is 48.5 Å². The number of para-hydroxylation sites is 1. The zero-order valence-corrected chi connectivity index (χ0v) is 21.4. The van der Waals surface area contributed by atoms with Gasteiger partial charge in [0.2, 0.25) is 0 Å². The molecular weight excluding hydrogens is 477 g/mol. The quantitative estimate of drug-likeness (QED) is 0.442. The fraction of sp³-hybridized carbons (Fsp3) is 0.536. The molecule has 0 aromatic heterocycles. The fourth-order valence-corrected chi connectivity index (χ4v) is 5.48. The van der Waals surface area contributed by atoms with Gasteiger partial charge >= 0.3 is 6.03 Å². The number of carbonyl (C=O) groups excluding carboxylic acids is 1. The van der Waals surface area contributed by atoms with Crippen LogP contribution in [0.5, 0.6) is 11.5 Å². The van der Waals surface area contributed by atoms with E-state index in [9.17, 15) is 19.4 Å². The molecule has 2 heterocycles. The number of methoxy groups -OCH3 is 1. The molecule has 0 saturated carbocycles. The fourth-order valence-electron chi connectivity index (χ4n) is 5.48. The van der Waals surface area contributed by atoms with Crippen molar-refractivity contribution in [2.24, 2.45) is 11.7 Å². The largest absolute Gasteiger partial charge is 0.457 e. The van der Waals surface area contributed by atoms with Crippen LogP contribution >= 0.6 is 0 Å². The normalized spacial score (nSPS) is 23.6. The number of amides is 2. The molecule has 2 amide bonds. The van der Waals surface area contributed by atoms with Crippen molar-refractivity contribution in [1.82, 2.24) is 9.80 Å². The predicted molar refractivity (Wildman–Crippen MR) is 138 cm³/mol. The molecule has 4 N–H and O–H groups in total. The lowest BCUT2D eigenvalue weighted by Gasteiger charge is -2.44. The van der Waals surface area contributed by atoms with Crippen LogP contribution < -0.4 is 10.5 Å². The highest BCUT2D eigenvalue weighted by molar-refractivity contribution is 5.75. The van der Waals surface area contributed by atoms with Crippen LogP contribution in [0.4, 0.5) is 9.18 Å². The molecule has 2 aromatic rings. The molecule has 0 aliphatic carbocycles. The van der Waals surface area contributed by atoms with Crippen molar-refractivity contribution in [3.8, 4) is 11.5 Å². The molecule has 8 nitrogen and oxygen atoms in total. The highest BCUT2D eigenvalue weighted by Crippen LogP contribution is 2.44. The Bertz CT molecular complexity index is 1050. The Morgan fingerprint density at radius 1 is 1.14 bits per heavy atom. The molecule has 202 valence electrons. The van der Waals surface area contributed by atoms with Crippen molar-refractivity contribution in [1.29, 1.82) is 0 Å². The standard InChI is InChI=1S/C28H38FN3O5/c1-36-15-5-4-13-28(35,23-11-2-3-12-26(23)37-22-10-6-9-21(29)16-22)20-8-7-14-31(17-20)27(34)32-18-24(30)25(33)19-32/h2-3,6,9-12,16,20,24-25,33,35H,4-5,7-8,13-15,17-19,30H2,1H3. The number of unbranched alkanes of at least 4 members (excludes halogenated alkanes) is 1. The van der Waals surface area contributed by atoms with Gasteiger partial charge in [-0.3, -0.25) is 0 Å². The minimum absolute atomic E-state index is 0.164. The van der Waals surface area contributed by atoms with Gasteiger partial charge in [0.25, 0.3) is 0 Å². The van der Waals surface area contributed by atoms with E-state index in [0.29, 0.717) is 49.7 Å². The van der Waals surface area contributed by atoms with E-state index >= 15 is 0 Å². The van der Waals surface area contributed by atoms with E-state index in [1.807, 2.05) is 18.2 Å². The van der Waals surface area contributed by atoms with Gasteiger partial charge in [0.15, 0.2) is 0 Å². The first-order valence-corrected chi connectivity index (χ1v) is 13.0. The SMILES string of the molecule is COCCCCC(O)(c1ccccc1Oc1cccc(F)c1)C1CCCN(C(=O)N2CC(N)C(O)C2)C1. The van der Waals surface area contributed by atoms with E-state index in [4.69, 9.17) is 15.2 Å². The number of aliphatic hydroxyl groups is 2. The maximum Gasteiger partial charge on any atom is 0.320 e. The number of urea groups is 1. The summed E-state index contributed by atoms with van der Waals surface area (Å²) in [6.07, 6.45) is 2.71. The second-order valence-corrected chi connectivity index (χ2v) is 10.1. The Kier molecular flexibility index (Phi) is 9.02. The van der Waals surface area contributed by atoms with Crippen molar-refractivity contribution in [3.63, 3.8) is 0 Å². The third kappa shape index (κ3) is 6.41. The molecule has 4 rings (SSSR count). The van der Waals surface area contributed by atoms with Crippen molar-refractivity contribution in [3.05, 3.63) is 59.9 Å². The van der Waals surface area contributed by atoms with E-state index in [2.05, 4.69) is 0 Å². The number of hydrogen-bond acceptors (Lipinski definition) is 6. The van der Waals surface area contributed by atoms with Gasteiger partial charge in [0.1, 0.15) is 17.3 Å². The maximum absolute atomic E-state index is 13.8. The molecule has 0 spiro atoms. The van der Waals surface area contributed by atoms with Crippen LogP contribution in [-0.4, -0.2) is 78.1 Å². The first-order chi connectivity index (χ1) is 17.8. The van der Waals surface area contributed by atoms with Gasteiger partial charge in [-0.15, -0.1) is 0 Å². The Balaban J connectivity index is 1.60. The van der Waals surface area contributed by atoms with Crippen LogP contribution in [-0.2, 0) is 10.3 Å². The van der Waals surface area contributed by atoms with E-state index in [0.717, 1.165) is 25.7 Å². The van der Waals surface area contributed by atoms with Crippen LogP contribution in [0.25, 0.3) is 0 Å². The second kappa shape index (κ2) is 12.2. The Morgan fingerprint density at radius 2 is 1.95 bits per heavy atom. The number of piperidine rings is 1. The molecular formula is C28H38FN3O5. The van der Waals surface area contributed by atoms with Gasteiger partial charge in [0, 0.05) is 63.5 Å². The van der Waals surface area contributed by atoms with E-state index in [1.165, 1.54) is 12.1 Å². The van der Waals surface area contributed by atoms with Crippen LogP contribution in [0.1, 0.15) is 37.7 Å². The molecule has 37 heavy (non-hydrogen) atoms. The van der Waals surface area contributed by atoms with Crippen LogP contribution in [0.2, 0.25) is 0 Å². The summed E-state index contributed by atoms with van der Waals surface area (Å²) < 4.78 is 25.1. The minimum atomic E-state index is -1.28. The molecule has 2 aliphatic heterocycles. The van der Waals surface area contributed by atoms with Gasteiger partial charge in [-0.1, -0.05) is 24.3 Å². The molecule has 9 heteroatoms. The number of ether oxygens (including phenoxy) is 2. The molecule has 2 fully saturated rings. The summed E-state index contributed by atoms with van der Waals surface area (Å²) in [6.45, 7) is 2.07. The average molecular weight is 516 g/mol. The van der Waals surface area contributed by atoms with Gasteiger partial charge in [0.05, 0.1) is 11.7 Å². The van der Waals surface area contributed by atoms with E-state index in [-0.39, 0.29) is 18.5 Å². The monoisotopic (exact) mass is 515 g/mol. The van der Waals surface area contributed by atoms with Gasteiger partial charge in [-0.25, -0.2) is 9.18 Å². The topological polar surface area (TPSA) is 108 Å².